The lowest BCUT2D eigenvalue weighted by molar-refractivity contribution is 0.0958. The predicted octanol–water partition coefficient (Wildman–Crippen LogP) is 3.02. The first kappa shape index (κ1) is 20.3. The molecular formula is C22H24N4O3S. The Hall–Kier alpha value is -2.97. The van der Waals surface area contributed by atoms with Gasteiger partial charge in [0.2, 0.25) is 0 Å². The van der Waals surface area contributed by atoms with Crippen LogP contribution in [0, 0.1) is 0 Å². The van der Waals surface area contributed by atoms with E-state index in [0.717, 1.165) is 60.4 Å². The third-order valence-electron chi connectivity index (χ3n) is 4.92. The molecule has 1 aliphatic heterocycles. The molecule has 30 heavy (non-hydrogen) atoms. The summed E-state index contributed by atoms with van der Waals surface area (Å²) in [5.74, 6) is 1.66. The van der Waals surface area contributed by atoms with E-state index in [2.05, 4.69) is 20.2 Å². The Kier molecular flexibility index (Phi) is 6.56. The third kappa shape index (κ3) is 4.95. The molecule has 3 aromatic rings. The second-order valence-electron chi connectivity index (χ2n) is 6.89. The normalized spacial score (nSPS) is 13.8. The van der Waals surface area contributed by atoms with Crippen molar-refractivity contribution in [1.82, 2.24) is 15.3 Å². The number of anilines is 1. The van der Waals surface area contributed by atoms with E-state index in [1.807, 2.05) is 42.6 Å². The molecule has 0 radical (unpaired) electrons. The average molecular weight is 425 g/mol. The van der Waals surface area contributed by atoms with Crippen LogP contribution in [0.5, 0.6) is 5.75 Å². The van der Waals surface area contributed by atoms with Crippen molar-refractivity contribution < 1.29 is 14.3 Å². The Morgan fingerprint density at radius 2 is 1.93 bits per heavy atom. The number of rotatable bonds is 7. The SMILES string of the molecule is COc1ccc(CCNC(=O)c2cnc(-c3ccc(N4CCOCC4)nc3)s2)cc1. The summed E-state index contributed by atoms with van der Waals surface area (Å²) in [5, 5.41) is 3.75. The van der Waals surface area contributed by atoms with E-state index in [-0.39, 0.29) is 5.91 Å². The number of amides is 1. The number of hydrogen-bond acceptors (Lipinski definition) is 7. The van der Waals surface area contributed by atoms with E-state index in [0.29, 0.717) is 11.4 Å². The fourth-order valence-electron chi connectivity index (χ4n) is 3.20. The van der Waals surface area contributed by atoms with Crippen LogP contribution in [-0.4, -0.2) is 55.8 Å². The molecule has 4 rings (SSSR count). The molecule has 0 saturated carbocycles. The van der Waals surface area contributed by atoms with Crippen LogP contribution in [0.1, 0.15) is 15.2 Å². The number of hydrogen-bond donors (Lipinski definition) is 1. The van der Waals surface area contributed by atoms with Crippen LogP contribution < -0.4 is 15.0 Å². The maximum Gasteiger partial charge on any atom is 0.263 e. The van der Waals surface area contributed by atoms with Gasteiger partial charge in [-0.15, -0.1) is 11.3 Å². The highest BCUT2D eigenvalue weighted by Gasteiger charge is 2.14. The molecule has 1 aliphatic rings. The lowest BCUT2D eigenvalue weighted by Crippen LogP contribution is -2.36. The van der Waals surface area contributed by atoms with Crippen LogP contribution in [0.15, 0.2) is 48.8 Å². The summed E-state index contributed by atoms with van der Waals surface area (Å²) in [6.07, 6.45) is 4.20. The van der Waals surface area contributed by atoms with Gasteiger partial charge in [-0.3, -0.25) is 4.79 Å². The molecule has 3 heterocycles. The largest absolute Gasteiger partial charge is 0.497 e. The van der Waals surface area contributed by atoms with Crippen LogP contribution in [0.25, 0.3) is 10.6 Å². The number of benzene rings is 1. The number of nitrogens with zero attached hydrogens (tertiary/aromatic N) is 3. The second kappa shape index (κ2) is 9.69. The second-order valence-corrected chi connectivity index (χ2v) is 7.92. The van der Waals surface area contributed by atoms with E-state index in [1.54, 1.807) is 13.3 Å². The van der Waals surface area contributed by atoms with E-state index < -0.39 is 0 Å². The van der Waals surface area contributed by atoms with Gasteiger partial charge in [0.05, 0.1) is 26.5 Å². The number of aromatic nitrogens is 2. The summed E-state index contributed by atoms with van der Waals surface area (Å²) in [6, 6.07) is 11.8. The highest BCUT2D eigenvalue weighted by Crippen LogP contribution is 2.26. The van der Waals surface area contributed by atoms with Gasteiger partial charge in [0.1, 0.15) is 21.5 Å². The zero-order valence-corrected chi connectivity index (χ0v) is 17.7. The van der Waals surface area contributed by atoms with Gasteiger partial charge in [-0.05, 0) is 36.2 Å². The Bertz CT molecular complexity index is 967. The van der Waals surface area contributed by atoms with Crippen molar-refractivity contribution >= 4 is 23.1 Å². The summed E-state index contributed by atoms with van der Waals surface area (Å²) in [7, 11) is 1.65. The van der Waals surface area contributed by atoms with Gasteiger partial charge in [-0.1, -0.05) is 12.1 Å². The number of methoxy groups -OCH3 is 1. The maximum absolute atomic E-state index is 12.4. The van der Waals surface area contributed by atoms with Gasteiger partial charge >= 0.3 is 0 Å². The van der Waals surface area contributed by atoms with Crippen molar-refractivity contribution in [3.8, 4) is 16.3 Å². The van der Waals surface area contributed by atoms with Gasteiger partial charge in [0, 0.05) is 31.4 Å². The molecule has 156 valence electrons. The molecule has 1 saturated heterocycles. The van der Waals surface area contributed by atoms with E-state index in [1.165, 1.54) is 11.3 Å². The molecule has 8 heteroatoms. The molecule has 1 amide bonds. The fraction of sp³-hybridized carbons (Fsp3) is 0.318. The van der Waals surface area contributed by atoms with Crippen LogP contribution in [0.2, 0.25) is 0 Å². The zero-order chi connectivity index (χ0) is 20.8. The summed E-state index contributed by atoms with van der Waals surface area (Å²) in [6.45, 7) is 3.72. The number of carbonyl (C=O) groups excluding carboxylic acids is 1. The van der Waals surface area contributed by atoms with Crippen molar-refractivity contribution in [2.75, 3.05) is 44.9 Å². The summed E-state index contributed by atoms with van der Waals surface area (Å²) in [4.78, 5) is 24.2. The molecule has 0 unspecified atom stereocenters. The molecular weight excluding hydrogens is 400 g/mol. The molecule has 0 spiro atoms. The summed E-state index contributed by atoms with van der Waals surface area (Å²) in [5.41, 5.74) is 2.06. The first-order chi connectivity index (χ1) is 14.7. The molecule has 0 aliphatic carbocycles. The van der Waals surface area contributed by atoms with E-state index in [4.69, 9.17) is 9.47 Å². The van der Waals surface area contributed by atoms with E-state index in [9.17, 15) is 4.79 Å². The average Bonchev–Trinajstić information content (AvgIpc) is 3.31. The number of ether oxygens (including phenoxy) is 2. The lowest BCUT2D eigenvalue weighted by Gasteiger charge is -2.27. The number of carbonyl (C=O) groups is 1. The van der Waals surface area contributed by atoms with Crippen molar-refractivity contribution in [2.45, 2.75) is 6.42 Å². The molecule has 0 bridgehead atoms. The molecule has 1 aromatic carbocycles. The Morgan fingerprint density at radius 3 is 2.63 bits per heavy atom. The minimum absolute atomic E-state index is 0.106. The smallest absolute Gasteiger partial charge is 0.263 e. The van der Waals surface area contributed by atoms with Crippen LogP contribution in [-0.2, 0) is 11.2 Å². The predicted molar refractivity (Wildman–Crippen MR) is 117 cm³/mol. The minimum Gasteiger partial charge on any atom is -0.497 e. The van der Waals surface area contributed by atoms with Gasteiger partial charge in [0.25, 0.3) is 5.91 Å². The third-order valence-corrected chi connectivity index (χ3v) is 5.96. The molecule has 1 fully saturated rings. The highest BCUT2D eigenvalue weighted by atomic mass is 32.1. The van der Waals surface area contributed by atoms with Gasteiger partial charge in [-0.25, -0.2) is 9.97 Å². The Labute approximate surface area is 179 Å². The molecule has 1 N–H and O–H groups in total. The van der Waals surface area contributed by atoms with Crippen molar-refractivity contribution in [3.63, 3.8) is 0 Å². The minimum atomic E-state index is -0.106. The number of pyridine rings is 1. The Balaban J connectivity index is 1.32. The quantitative estimate of drug-likeness (QED) is 0.628. The van der Waals surface area contributed by atoms with E-state index >= 15 is 0 Å². The number of thiazole rings is 1. The van der Waals surface area contributed by atoms with Crippen LogP contribution in [0.4, 0.5) is 5.82 Å². The number of morpholine rings is 1. The molecule has 7 nitrogen and oxygen atoms in total. The van der Waals surface area contributed by atoms with Gasteiger partial charge < -0.3 is 19.7 Å². The Morgan fingerprint density at radius 1 is 1.13 bits per heavy atom. The van der Waals surface area contributed by atoms with Gasteiger partial charge in [0.15, 0.2) is 0 Å². The maximum atomic E-state index is 12.4. The standard InChI is InChI=1S/C22H24N4O3S/c1-28-18-5-2-16(3-6-18)8-9-23-21(27)19-15-25-22(30-19)17-4-7-20(24-14-17)26-10-12-29-13-11-26/h2-7,14-15H,8-13H2,1H3,(H,23,27). The fourth-order valence-corrected chi connectivity index (χ4v) is 4.03. The van der Waals surface area contributed by atoms with Crippen molar-refractivity contribution in [3.05, 3.63) is 59.2 Å². The van der Waals surface area contributed by atoms with Crippen molar-refractivity contribution in [2.24, 2.45) is 0 Å². The summed E-state index contributed by atoms with van der Waals surface area (Å²) < 4.78 is 10.5. The lowest BCUT2D eigenvalue weighted by atomic mass is 10.1. The molecule has 0 atom stereocenters. The zero-order valence-electron chi connectivity index (χ0n) is 16.8. The highest BCUT2D eigenvalue weighted by molar-refractivity contribution is 7.16. The molecule has 2 aromatic heterocycles. The van der Waals surface area contributed by atoms with Crippen molar-refractivity contribution in [1.29, 1.82) is 0 Å². The monoisotopic (exact) mass is 424 g/mol. The first-order valence-corrected chi connectivity index (χ1v) is 10.7. The number of nitrogens with one attached hydrogen (secondary N) is 1. The van der Waals surface area contributed by atoms with Crippen LogP contribution in [0.3, 0.4) is 0 Å². The van der Waals surface area contributed by atoms with Gasteiger partial charge in [-0.2, -0.15) is 0 Å². The topological polar surface area (TPSA) is 76.6 Å². The summed E-state index contributed by atoms with van der Waals surface area (Å²) >= 11 is 1.37. The van der Waals surface area contributed by atoms with Crippen LogP contribution >= 0.6 is 11.3 Å². The first-order valence-electron chi connectivity index (χ1n) is 9.89.